The molecule has 5 aliphatic carbocycles. The van der Waals surface area contributed by atoms with Gasteiger partial charge in [-0.1, -0.05) is 85.6 Å². The number of carbonyl (C=O) groups excluding carboxylic acids is 5. The summed E-state index contributed by atoms with van der Waals surface area (Å²) in [6, 6.07) is -2.63. The fourth-order valence-corrected chi connectivity index (χ4v) is 15.0. The normalized spacial score (nSPS) is 33.4. The lowest BCUT2D eigenvalue weighted by Crippen LogP contribution is -2.63. The number of carbonyl (C=O) groups is 5. The van der Waals surface area contributed by atoms with Crippen LogP contribution in [0.25, 0.3) is 0 Å². The monoisotopic (exact) mass is 882 g/mol. The fourth-order valence-electron chi connectivity index (χ4n) is 13.7. The number of nitrogens with one attached hydrogen (secondary N) is 4. The fraction of sp³-hybridized carbons (Fsp3) is 0.851. The molecule has 8 rings (SSSR count). The Labute approximate surface area is 370 Å². The highest BCUT2D eigenvalue weighted by Gasteiger charge is 2.85. The molecule has 0 radical (unpaired) electrons. The molecule has 2 spiro atoms. The number of rotatable bonds is 13. The van der Waals surface area contributed by atoms with E-state index in [-0.39, 0.29) is 52.3 Å². The molecule has 62 heavy (non-hydrogen) atoms. The van der Waals surface area contributed by atoms with Gasteiger partial charge in [0, 0.05) is 37.0 Å². The molecule has 0 bridgehead atoms. The predicted octanol–water partition coefficient (Wildman–Crippen LogP) is 4.69. The van der Waals surface area contributed by atoms with E-state index >= 15 is 4.79 Å². The molecule has 4 N–H and O–H groups in total. The smallest absolute Gasteiger partial charge is 0.303 e. The minimum Gasteiger partial charge on any atom is -0.343 e. The van der Waals surface area contributed by atoms with Crippen LogP contribution in [0.1, 0.15) is 157 Å². The zero-order valence-electron chi connectivity index (χ0n) is 38.2. The highest BCUT2D eigenvalue weighted by Crippen LogP contribution is 2.88. The van der Waals surface area contributed by atoms with Crippen LogP contribution in [0.4, 0.5) is 0 Å². The van der Waals surface area contributed by atoms with Crippen LogP contribution in [0.15, 0.2) is 12.7 Å². The zero-order valence-corrected chi connectivity index (χ0v) is 39.0. The number of hydrogen-bond donors (Lipinski definition) is 4. The van der Waals surface area contributed by atoms with Gasteiger partial charge in [-0.15, -0.1) is 6.58 Å². The Kier molecular flexibility index (Phi) is 12.3. The van der Waals surface area contributed by atoms with Gasteiger partial charge in [-0.25, -0.2) is 4.72 Å². The van der Waals surface area contributed by atoms with E-state index in [1.165, 1.54) is 17.1 Å². The molecule has 7 atom stereocenters. The maximum Gasteiger partial charge on any atom is 0.303 e. The van der Waals surface area contributed by atoms with E-state index in [4.69, 9.17) is 0 Å². The summed E-state index contributed by atoms with van der Waals surface area (Å²) in [5.74, 6) is -2.66. The Morgan fingerprint density at radius 1 is 0.742 bits per heavy atom. The average molecular weight is 882 g/mol. The first-order valence-electron chi connectivity index (χ1n) is 24.3. The van der Waals surface area contributed by atoms with Gasteiger partial charge < -0.3 is 20.9 Å². The number of piperidine rings is 1. The molecule has 346 valence electrons. The molecule has 8 aliphatic rings. The summed E-state index contributed by atoms with van der Waals surface area (Å²) in [6.45, 7) is 16.0. The van der Waals surface area contributed by atoms with E-state index in [2.05, 4.69) is 46.0 Å². The molecule has 8 fully saturated rings. The third-order valence-electron chi connectivity index (χ3n) is 17.8. The summed E-state index contributed by atoms with van der Waals surface area (Å²) in [4.78, 5) is 77.4. The SMILES string of the molecule is C=C[C@@H]1C[C@]1(NC(=O)[C@@H]1C[C@@]2(CN1C(=O)[C@@H](NC(=O)[C@@H](NC(=O)[C@@H]1CCCCN1C1CCCC1)C1CCCCC1)C(C)(C)C)C(C)(C)C21CCC1)C(=O)NS(=O)(=O)N1CCCC1. The Morgan fingerprint density at radius 2 is 1.37 bits per heavy atom. The number of amides is 5. The van der Waals surface area contributed by atoms with Crippen molar-refractivity contribution < 1.29 is 32.4 Å². The molecule has 0 unspecified atom stereocenters. The molecule has 14 nitrogen and oxygen atoms in total. The molecule has 3 heterocycles. The largest absolute Gasteiger partial charge is 0.343 e. The average Bonchev–Trinajstić information content (AvgIpc) is 3.65. The van der Waals surface area contributed by atoms with E-state index in [9.17, 15) is 27.6 Å². The van der Waals surface area contributed by atoms with Gasteiger partial charge in [-0.3, -0.25) is 28.9 Å². The van der Waals surface area contributed by atoms with E-state index in [0.717, 1.165) is 90.0 Å². The van der Waals surface area contributed by atoms with Crippen LogP contribution in [0.3, 0.4) is 0 Å². The van der Waals surface area contributed by atoms with E-state index in [1.807, 2.05) is 20.8 Å². The summed E-state index contributed by atoms with van der Waals surface area (Å²) in [5, 5.41) is 9.45. The summed E-state index contributed by atoms with van der Waals surface area (Å²) in [6.07, 6.45) is 18.8. The van der Waals surface area contributed by atoms with E-state index in [1.54, 1.807) is 11.0 Å². The Hall–Kier alpha value is -3.04. The van der Waals surface area contributed by atoms with Crippen LogP contribution in [-0.2, 0) is 34.2 Å². The zero-order chi connectivity index (χ0) is 44.5. The molecule has 5 amide bonds. The summed E-state index contributed by atoms with van der Waals surface area (Å²) >= 11 is 0. The topological polar surface area (TPSA) is 177 Å². The molecule has 15 heteroatoms. The molecule has 0 aromatic rings. The van der Waals surface area contributed by atoms with Gasteiger partial charge in [-0.2, -0.15) is 12.7 Å². The third kappa shape index (κ3) is 7.72. The molecular weight excluding hydrogens is 807 g/mol. The second-order valence-corrected chi connectivity index (χ2v) is 23.9. The molecular formula is C47H75N7O7S. The van der Waals surface area contributed by atoms with Gasteiger partial charge in [0.1, 0.15) is 23.7 Å². The summed E-state index contributed by atoms with van der Waals surface area (Å²) in [5.41, 5.74) is -2.77. The number of fused-ring (bicyclic) bond motifs is 1. The number of likely N-dealkylation sites (tertiary alicyclic amines) is 2. The molecule has 5 saturated carbocycles. The van der Waals surface area contributed by atoms with Crippen molar-refractivity contribution >= 4 is 39.7 Å². The molecule has 3 saturated heterocycles. The van der Waals surface area contributed by atoms with Gasteiger partial charge in [0.15, 0.2) is 0 Å². The van der Waals surface area contributed by atoms with Gasteiger partial charge in [0.05, 0.1) is 6.04 Å². The van der Waals surface area contributed by atoms with Crippen LogP contribution in [0.2, 0.25) is 0 Å². The van der Waals surface area contributed by atoms with E-state index in [0.29, 0.717) is 44.9 Å². The highest BCUT2D eigenvalue weighted by molar-refractivity contribution is 7.87. The van der Waals surface area contributed by atoms with Gasteiger partial charge in [0.2, 0.25) is 23.6 Å². The minimum atomic E-state index is -4.11. The maximum atomic E-state index is 15.4. The van der Waals surface area contributed by atoms with Crippen molar-refractivity contribution in [3.05, 3.63) is 12.7 Å². The van der Waals surface area contributed by atoms with Crippen molar-refractivity contribution in [2.45, 2.75) is 192 Å². The van der Waals surface area contributed by atoms with Gasteiger partial charge in [-0.05, 0) is 106 Å². The lowest BCUT2D eigenvalue weighted by molar-refractivity contribution is -0.145. The van der Waals surface area contributed by atoms with Crippen molar-refractivity contribution in [2.24, 2.45) is 33.5 Å². The van der Waals surface area contributed by atoms with Crippen LogP contribution >= 0.6 is 0 Å². The molecule has 3 aliphatic heterocycles. The maximum absolute atomic E-state index is 15.4. The Morgan fingerprint density at radius 3 is 1.95 bits per heavy atom. The van der Waals surface area contributed by atoms with Crippen molar-refractivity contribution in [1.82, 2.24) is 34.8 Å². The van der Waals surface area contributed by atoms with Crippen molar-refractivity contribution in [2.75, 3.05) is 26.2 Å². The van der Waals surface area contributed by atoms with Crippen molar-refractivity contribution in [3.8, 4) is 0 Å². The Bertz CT molecular complexity index is 1890. The molecule has 0 aromatic heterocycles. The van der Waals surface area contributed by atoms with Crippen LogP contribution in [0, 0.1) is 33.5 Å². The minimum absolute atomic E-state index is 0.0159. The second-order valence-electron chi connectivity index (χ2n) is 22.3. The number of nitrogens with zero attached hydrogens (tertiary/aromatic N) is 3. The van der Waals surface area contributed by atoms with Gasteiger partial charge >= 0.3 is 10.2 Å². The van der Waals surface area contributed by atoms with E-state index < -0.39 is 57.0 Å². The number of hydrogen-bond acceptors (Lipinski definition) is 8. The van der Waals surface area contributed by atoms with Crippen LogP contribution in [0.5, 0.6) is 0 Å². The first kappa shape index (κ1) is 45.5. The van der Waals surface area contributed by atoms with Crippen LogP contribution in [-0.4, -0.2) is 114 Å². The first-order valence-corrected chi connectivity index (χ1v) is 25.7. The quantitative estimate of drug-likeness (QED) is 0.193. The molecule has 0 aromatic carbocycles. The summed E-state index contributed by atoms with van der Waals surface area (Å²) in [7, 11) is -4.11. The summed E-state index contributed by atoms with van der Waals surface area (Å²) < 4.78 is 30.0. The van der Waals surface area contributed by atoms with Crippen molar-refractivity contribution in [1.29, 1.82) is 0 Å². The first-order chi connectivity index (χ1) is 29.3. The lowest BCUT2D eigenvalue weighted by Gasteiger charge is -2.41. The highest BCUT2D eigenvalue weighted by atomic mass is 32.2. The second kappa shape index (κ2) is 16.7. The Balaban J connectivity index is 1.05. The third-order valence-corrected chi connectivity index (χ3v) is 19.3. The van der Waals surface area contributed by atoms with Gasteiger partial charge in [0.25, 0.3) is 5.91 Å². The lowest BCUT2D eigenvalue weighted by atomic mass is 9.73. The van der Waals surface area contributed by atoms with Crippen molar-refractivity contribution in [3.63, 3.8) is 0 Å². The standard InChI is InChI=1S/C47H75N7O7S/c1-7-32-28-47(32,42(59)51-62(60,61)52-25-15-16-26-52)50-39(56)35-29-46(44(5,6)45(46)23-17-24-45)30-54(35)41(58)37(43(2,3)4)49-40(57)36(31-18-9-8-10-19-31)48-38(55)34-22-13-14-27-53(34)33-20-11-12-21-33/h7,31-37H,1,8-30H2,2-6H3,(H,48,55)(H,49,57)(H,50,56)(H,51,59)/t32-,34+,35+,36+,37-,46-,47-/m1/s1. The predicted molar refractivity (Wildman–Crippen MR) is 236 cm³/mol. The van der Waals surface area contributed by atoms with Crippen LogP contribution < -0.4 is 20.7 Å².